The molecule has 0 bridgehead atoms. The van der Waals surface area contributed by atoms with Gasteiger partial charge in [-0.25, -0.2) is 0 Å². The summed E-state index contributed by atoms with van der Waals surface area (Å²) < 4.78 is 0. The summed E-state index contributed by atoms with van der Waals surface area (Å²) in [6, 6.07) is 17.7. The fourth-order valence-electron chi connectivity index (χ4n) is 3.26. The first-order valence-electron chi connectivity index (χ1n) is 7.85. The Morgan fingerprint density at radius 2 is 1.38 bits per heavy atom. The van der Waals surface area contributed by atoms with Gasteiger partial charge in [0.05, 0.1) is 0 Å². The lowest BCUT2D eigenvalue weighted by molar-refractivity contribution is 0.475. The minimum absolute atomic E-state index is 0.206. The summed E-state index contributed by atoms with van der Waals surface area (Å²) >= 11 is 0. The van der Waals surface area contributed by atoms with E-state index in [2.05, 4.69) is 75.9 Å². The Balaban J connectivity index is 1.91. The van der Waals surface area contributed by atoms with Crippen LogP contribution in [0.5, 0.6) is 0 Å². The molecule has 0 aromatic heterocycles. The highest BCUT2D eigenvalue weighted by Crippen LogP contribution is 2.47. The standard InChI is InChI=1S/C21H24/c1-15(21(2,3)4)13-14-20-18-11-7-5-9-16(18)17-10-6-8-12-19(17)20/h5-12,20H,1,13-14H2,2-4H3. The van der Waals surface area contributed by atoms with Crippen LogP contribution in [0.1, 0.15) is 50.7 Å². The van der Waals surface area contributed by atoms with Crippen molar-refractivity contribution in [3.63, 3.8) is 0 Å². The van der Waals surface area contributed by atoms with E-state index in [1.807, 2.05) is 0 Å². The Hall–Kier alpha value is -1.82. The van der Waals surface area contributed by atoms with Crippen molar-refractivity contribution in [3.8, 4) is 11.1 Å². The molecule has 0 N–H and O–H groups in total. The molecule has 0 radical (unpaired) electrons. The van der Waals surface area contributed by atoms with Gasteiger partial charge in [-0.2, -0.15) is 0 Å². The molecule has 0 aliphatic heterocycles. The van der Waals surface area contributed by atoms with E-state index in [0.717, 1.165) is 12.8 Å². The van der Waals surface area contributed by atoms with E-state index < -0.39 is 0 Å². The summed E-state index contributed by atoms with van der Waals surface area (Å²) in [5, 5.41) is 0. The largest absolute Gasteiger partial charge is 0.0993 e. The van der Waals surface area contributed by atoms with Gasteiger partial charge in [0.1, 0.15) is 0 Å². The van der Waals surface area contributed by atoms with Crippen LogP contribution in [-0.4, -0.2) is 0 Å². The van der Waals surface area contributed by atoms with Crippen LogP contribution in [0.2, 0.25) is 0 Å². The van der Waals surface area contributed by atoms with Crippen LogP contribution < -0.4 is 0 Å². The monoisotopic (exact) mass is 276 g/mol. The van der Waals surface area contributed by atoms with Crippen molar-refractivity contribution in [2.24, 2.45) is 5.41 Å². The third-order valence-electron chi connectivity index (χ3n) is 4.76. The number of hydrogen-bond acceptors (Lipinski definition) is 0. The SMILES string of the molecule is C=C(CCC1c2ccccc2-c2ccccc21)C(C)(C)C. The zero-order valence-electron chi connectivity index (χ0n) is 13.3. The molecule has 0 nitrogen and oxygen atoms in total. The maximum Gasteiger partial charge on any atom is 0.0105 e. The van der Waals surface area contributed by atoms with Crippen LogP contribution in [0.25, 0.3) is 11.1 Å². The second-order valence-electron chi connectivity index (χ2n) is 7.12. The summed E-state index contributed by atoms with van der Waals surface area (Å²) in [4.78, 5) is 0. The molecule has 1 aliphatic carbocycles. The average Bonchev–Trinajstić information content (AvgIpc) is 2.78. The van der Waals surface area contributed by atoms with Crippen LogP contribution in [0.3, 0.4) is 0 Å². The molecule has 2 aromatic rings. The van der Waals surface area contributed by atoms with Crippen molar-refractivity contribution >= 4 is 0 Å². The van der Waals surface area contributed by atoms with Crippen molar-refractivity contribution in [3.05, 3.63) is 71.8 Å². The predicted octanol–water partition coefficient (Wildman–Crippen LogP) is 6.18. The fraction of sp³-hybridized carbons (Fsp3) is 0.333. The maximum absolute atomic E-state index is 4.30. The van der Waals surface area contributed by atoms with E-state index in [-0.39, 0.29) is 5.41 Å². The Labute approximate surface area is 128 Å². The zero-order chi connectivity index (χ0) is 15.0. The summed E-state index contributed by atoms with van der Waals surface area (Å²) in [6.07, 6.45) is 2.25. The van der Waals surface area contributed by atoms with Crippen molar-refractivity contribution in [2.45, 2.75) is 39.5 Å². The molecule has 0 unspecified atom stereocenters. The molecule has 1 aliphatic rings. The second kappa shape index (κ2) is 5.18. The normalized spacial score (nSPS) is 13.9. The third kappa shape index (κ3) is 2.55. The molecule has 0 spiro atoms. The molecular formula is C21H24. The molecule has 0 amide bonds. The molecular weight excluding hydrogens is 252 g/mol. The van der Waals surface area contributed by atoms with Crippen molar-refractivity contribution < 1.29 is 0 Å². The van der Waals surface area contributed by atoms with Gasteiger partial charge in [-0.05, 0) is 40.5 Å². The predicted molar refractivity (Wildman–Crippen MR) is 91.6 cm³/mol. The first-order valence-corrected chi connectivity index (χ1v) is 7.85. The Bertz CT molecular complexity index is 625. The van der Waals surface area contributed by atoms with E-state index in [1.54, 1.807) is 0 Å². The van der Waals surface area contributed by atoms with E-state index in [1.165, 1.54) is 27.8 Å². The fourth-order valence-corrected chi connectivity index (χ4v) is 3.26. The average molecular weight is 276 g/mol. The van der Waals surface area contributed by atoms with Gasteiger partial charge in [-0.1, -0.05) is 81.5 Å². The van der Waals surface area contributed by atoms with Crippen molar-refractivity contribution in [1.82, 2.24) is 0 Å². The van der Waals surface area contributed by atoms with Crippen LogP contribution in [-0.2, 0) is 0 Å². The molecule has 0 atom stereocenters. The molecule has 0 saturated carbocycles. The van der Waals surface area contributed by atoms with Gasteiger partial charge >= 0.3 is 0 Å². The molecule has 0 fully saturated rings. The van der Waals surface area contributed by atoms with Gasteiger partial charge in [0.15, 0.2) is 0 Å². The topological polar surface area (TPSA) is 0 Å². The van der Waals surface area contributed by atoms with E-state index in [4.69, 9.17) is 0 Å². The number of hydrogen-bond donors (Lipinski definition) is 0. The first kappa shape index (κ1) is 14.1. The second-order valence-corrected chi connectivity index (χ2v) is 7.12. The van der Waals surface area contributed by atoms with Gasteiger partial charge < -0.3 is 0 Å². The molecule has 2 aromatic carbocycles. The lowest BCUT2D eigenvalue weighted by atomic mass is 9.82. The molecule has 0 saturated heterocycles. The van der Waals surface area contributed by atoms with Gasteiger partial charge in [-0.3, -0.25) is 0 Å². The summed E-state index contributed by atoms with van der Waals surface area (Å²) in [6.45, 7) is 11.1. The van der Waals surface area contributed by atoms with Gasteiger partial charge in [0.25, 0.3) is 0 Å². The smallest absolute Gasteiger partial charge is 0.0105 e. The number of rotatable bonds is 3. The third-order valence-corrected chi connectivity index (χ3v) is 4.76. The quantitative estimate of drug-likeness (QED) is 0.587. The number of benzene rings is 2. The van der Waals surface area contributed by atoms with Crippen LogP contribution in [0.15, 0.2) is 60.7 Å². The van der Waals surface area contributed by atoms with Gasteiger partial charge in [0, 0.05) is 5.92 Å². The highest BCUT2D eigenvalue weighted by Gasteiger charge is 2.28. The van der Waals surface area contributed by atoms with Gasteiger partial charge in [0.2, 0.25) is 0 Å². The number of allylic oxidation sites excluding steroid dienone is 1. The van der Waals surface area contributed by atoms with Crippen LogP contribution >= 0.6 is 0 Å². The molecule has 108 valence electrons. The molecule has 3 rings (SSSR count). The van der Waals surface area contributed by atoms with Crippen LogP contribution in [0, 0.1) is 5.41 Å². The Morgan fingerprint density at radius 3 is 1.86 bits per heavy atom. The zero-order valence-corrected chi connectivity index (χ0v) is 13.3. The highest BCUT2D eigenvalue weighted by molar-refractivity contribution is 5.78. The van der Waals surface area contributed by atoms with Gasteiger partial charge in [-0.15, -0.1) is 0 Å². The van der Waals surface area contributed by atoms with E-state index >= 15 is 0 Å². The summed E-state index contributed by atoms with van der Waals surface area (Å²) in [5.41, 5.74) is 7.36. The molecule has 0 heterocycles. The Morgan fingerprint density at radius 1 is 0.905 bits per heavy atom. The maximum atomic E-state index is 4.30. The minimum atomic E-state index is 0.206. The van der Waals surface area contributed by atoms with Crippen molar-refractivity contribution in [2.75, 3.05) is 0 Å². The van der Waals surface area contributed by atoms with Crippen molar-refractivity contribution in [1.29, 1.82) is 0 Å². The lowest BCUT2D eigenvalue weighted by Crippen LogP contribution is -2.09. The number of fused-ring (bicyclic) bond motifs is 3. The first-order chi connectivity index (χ1) is 9.98. The summed E-state index contributed by atoms with van der Waals surface area (Å²) in [5.74, 6) is 0.525. The summed E-state index contributed by atoms with van der Waals surface area (Å²) in [7, 11) is 0. The molecule has 21 heavy (non-hydrogen) atoms. The van der Waals surface area contributed by atoms with E-state index in [9.17, 15) is 0 Å². The lowest BCUT2D eigenvalue weighted by Gasteiger charge is -2.23. The van der Waals surface area contributed by atoms with E-state index in [0.29, 0.717) is 5.92 Å². The van der Waals surface area contributed by atoms with Crippen LogP contribution in [0.4, 0.5) is 0 Å². The molecule has 0 heteroatoms. The Kier molecular flexibility index (Phi) is 3.49. The highest BCUT2D eigenvalue weighted by atomic mass is 14.3. The minimum Gasteiger partial charge on any atom is -0.0993 e.